The van der Waals surface area contributed by atoms with Gasteiger partial charge in [-0.25, -0.2) is 0 Å². The fraction of sp³-hybridized carbons (Fsp3) is 0.647. The number of methoxy groups -OCH3 is 1. The molecule has 3 heteroatoms. The van der Waals surface area contributed by atoms with Gasteiger partial charge in [0.15, 0.2) is 0 Å². The van der Waals surface area contributed by atoms with E-state index in [1.807, 2.05) is 6.07 Å². The van der Waals surface area contributed by atoms with Gasteiger partial charge in [0.2, 0.25) is 0 Å². The van der Waals surface area contributed by atoms with E-state index in [0.29, 0.717) is 5.92 Å². The summed E-state index contributed by atoms with van der Waals surface area (Å²) in [6.07, 6.45) is 7.62. The van der Waals surface area contributed by atoms with Gasteiger partial charge in [0, 0.05) is 6.04 Å². The Morgan fingerprint density at radius 2 is 2.00 bits per heavy atom. The molecule has 0 bridgehead atoms. The number of halogens is 1. The maximum atomic E-state index is 6.44. The average molecular weight is 340 g/mol. The van der Waals surface area contributed by atoms with Gasteiger partial charge in [0.05, 0.1) is 11.6 Å². The van der Waals surface area contributed by atoms with Gasteiger partial charge in [-0.1, -0.05) is 32.3 Å². The summed E-state index contributed by atoms with van der Waals surface area (Å²) in [6, 6.07) is 6.56. The van der Waals surface area contributed by atoms with Crippen molar-refractivity contribution >= 4 is 15.9 Å². The lowest BCUT2D eigenvalue weighted by atomic mass is 9.76. The average Bonchev–Trinajstić information content (AvgIpc) is 2.47. The third kappa shape index (κ3) is 3.98. The van der Waals surface area contributed by atoms with Crippen LogP contribution in [-0.2, 0) is 6.42 Å². The summed E-state index contributed by atoms with van der Waals surface area (Å²) in [6.45, 7) is 2.31. The molecule has 0 saturated heterocycles. The molecule has 1 unspecified atom stereocenters. The van der Waals surface area contributed by atoms with Crippen LogP contribution in [0.3, 0.4) is 0 Å². The predicted octanol–water partition coefficient (Wildman–Crippen LogP) is 4.54. The first kappa shape index (κ1) is 15.8. The molecular weight excluding hydrogens is 314 g/mol. The second-order valence-corrected chi connectivity index (χ2v) is 6.88. The van der Waals surface area contributed by atoms with Crippen LogP contribution in [0.15, 0.2) is 22.7 Å². The summed E-state index contributed by atoms with van der Waals surface area (Å²) in [5.74, 6) is 2.51. The molecule has 2 nitrogen and oxygen atoms in total. The van der Waals surface area contributed by atoms with E-state index in [4.69, 9.17) is 10.5 Å². The first-order valence-electron chi connectivity index (χ1n) is 7.72. The van der Waals surface area contributed by atoms with Gasteiger partial charge in [-0.2, -0.15) is 0 Å². The zero-order valence-electron chi connectivity index (χ0n) is 12.6. The molecule has 1 atom stereocenters. The number of hydrogen-bond donors (Lipinski definition) is 1. The fourth-order valence-electron chi connectivity index (χ4n) is 3.30. The summed E-state index contributed by atoms with van der Waals surface area (Å²) < 4.78 is 6.28. The molecule has 1 fully saturated rings. The van der Waals surface area contributed by atoms with Crippen molar-refractivity contribution < 1.29 is 4.74 Å². The van der Waals surface area contributed by atoms with Gasteiger partial charge in [0.25, 0.3) is 0 Å². The van der Waals surface area contributed by atoms with E-state index in [-0.39, 0.29) is 6.04 Å². The Hall–Kier alpha value is -0.540. The van der Waals surface area contributed by atoms with Crippen LogP contribution in [0.1, 0.15) is 44.6 Å². The van der Waals surface area contributed by atoms with Crippen LogP contribution in [0.2, 0.25) is 0 Å². The molecule has 1 saturated carbocycles. The van der Waals surface area contributed by atoms with E-state index in [9.17, 15) is 0 Å². The van der Waals surface area contributed by atoms with Crippen molar-refractivity contribution in [1.82, 2.24) is 0 Å². The third-order valence-electron chi connectivity index (χ3n) is 4.76. The summed E-state index contributed by atoms with van der Waals surface area (Å²) in [5.41, 5.74) is 7.74. The van der Waals surface area contributed by atoms with Crippen LogP contribution in [0, 0.1) is 11.8 Å². The lowest BCUT2D eigenvalue weighted by molar-refractivity contribution is 0.238. The minimum Gasteiger partial charge on any atom is -0.496 e. The zero-order chi connectivity index (χ0) is 14.5. The lowest BCUT2D eigenvalue weighted by Gasteiger charge is -2.31. The molecule has 0 radical (unpaired) electrons. The minimum atomic E-state index is 0.285. The fourth-order valence-corrected chi connectivity index (χ4v) is 3.89. The van der Waals surface area contributed by atoms with E-state index < -0.39 is 0 Å². The van der Waals surface area contributed by atoms with E-state index in [1.165, 1.54) is 37.7 Å². The van der Waals surface area contributed by atoms with Crippen LogP contribution in [0.5, 0.6) is 5.75 Å². The maximum Gasteiger partial charge on any atom is 0.133 e. The number of benzene rings is 1. The van der Waals surface area contributed by atoms with Gasteiger partial charge in [-0.05, 0) is 64.7 Å². The Bertz CT molecular complexity index is 427. The van der Waals surface area contributed by atoms with Crippen LogP contribution >= 0.6 is 15.9 Å². The maximum absolute atomic E-state index is 6.44. The Balaban J connectivity index is 1.91. The smallest absolute Gasteiger partial charge is 0.133 e. The number of hydrogen-bond acceptors (Lipinski definition) is 2. The number of nitrogens with two attached hydrogens (primary N) is 1. The van der Waals surface area contributed by atoms with Crippen molar-refractivity contribution in [2.24, 2.45) is 17.6 Å². The normalized spacial score (nSPS) is 24.4. The molecule has 2 N–H and O–H groups in total. The standard InChI is InChI=1S/C17H26BrNO/c1-3-12-4-7-14(8-5-12)16(19)11-13-6-9-17(20-2)15(18)10-13/h6,9-10,12,14,16H,3-5,7-8,11,19H2,1-2H3. The van der Waals surface area contributed by atoms with Gasteiger partial charge in [-0.3, -0.25) is 0 Å². The Morgan fingerprint density at radius 1 is 1.30 bits per heavy atom. The first-order valence-corrected chi connectivity index (χ1v) is 8.51. The molecule has 112 valence electrons. The van der Waals surface area contributed by atoms with E-state index in [1.54, 1.807) is 7.11 Å². The minimum absolute atomic E-state index is 0.285. The molecule has 0 spiro atoms. The van der Waals surface area contributed by atoms with Crippen molar-refractivity contribution in [3.63, 3.8) is 0 Å². The molecule has 1 aromatic rings. The second-order valence-electron chi connectivity index (χ2n) is 6.03. The van der Waals surface area contributed by atoms with E-state index in [2.05, 4.69) is 35.0 Å². The molecule has 1 aliphatic rings. The quantitative estimate of drug-likeness (QED) is 0.854. The summed E-state index contributed by atoms with van der Waals surface area (Å²) in [5, 5.41) is 0. The first-order chi connectivity index (χ1) is 9.63. The Labute approximate surface area is 131 Å². The summed E-state index contributed by atoms with van der Waals surface area (Å²) in [4.78, 5) is 0. The molecule has 0 amide bonds. The van der Waals surface area contributed by atoms with Gasteiger partial charge in [0.1, 0.15) is 5.75 Å². The largest absolute Gasteiger partial charge is 0.496 e. The molecule has 0 aliphatic heterocycles. The van der Waals surface area contributed by atoms with Crippen molar-refractivity contribution in [1.29, 1.82) is 0 Å². The molecule has 1 aliphatic carbocycles. The molecule has 20 heavy (non-hydrogen) atoms. The van der Waals surface area contributed by atoms with Crippen molar-refractivity contribution in [3.8, 4) is 5.75 Å². The lowest BCUT2D eigenvalue weighted by Crippen LogP contribution is -2.34. The molecular formula is C17H26BrNO. The highest BCUT2D eigenvalue weighted by Crippen LogP contribution is 2.33. The van der Waals surface area contributed by atoms with Gasteiger partial charge in [-0.15, -0.1) is 0 Å². The van der Waals surface area contributed by atoms with Crippen LogP contribution < -0.4 is 10.5 Å². The molecule has 0 aromatic heterocycles. The van der Waals surface area contributed by atoms with Crippen molar-refractivity contribution in [2.45, 2.75) is 51.5 Å². The second kappa shape index (κ2) is 7.46. The van der Waals surface area contributed by atoms with Crippen molar-refractivity contribution in [2.75, 3.05) is 7.11 Å². The third-order valence-corrected chi connectivity index (χ3v) is 5.38. The predicted molar refractivity (Wildman–Crippen MR) is 88.1 cm³/mol. The van der Waals surface area contributed by atoms with Gasteiger partial charge >= 0.3 is 0 Å². The molecule has 2 rings (SSSR count). The van der Waals surface area contributed by atoms with E-state index in [0.717, 1.165) is 22.6 Å². The summed E-state index contributed by atoms with van der Waals surface area (Å²) in [7, 11) is 1.69. The monoisotopic (exact) mass is 339 g/mol. The highest BCUT2D eigenvalue weighted by molar-refractivity contribution is 9.10. The van der Waals surface area contributed by atoms with Gasteiger partial charge < -0.3 is 10.5 Å². The highest BCUT2D eigenvalue weighted by atomic mass is 79.9. The van der Waals surface area contributed by atoms with E-state index >= 15 is 0 Å². The summed E-state index contributed by atoms with van der Waals surface area (Å²) >= 11 is 3.54. The SMILES string of the molecule is CCC1CCC(C(N)Cc2ccc(OC)c(Br)c2)CC1. The topological polar surface area (TPSA) is 35.2 Å². The number of ether oxygens (including phenoxy) is 1. The Morgan fingerprint density at radius 3 is 2.55 bits per heavy atom. The molecule has 1 aromatic carbocycles. The van der Waals surface area contributed by atoms with Crippen LogP contribution in [-0.4, -0.2) is 13.2 Å². The molecule has 0 heterocycles. The Kier molecular flexibility index (Phi) is 5.91. The van der Waals surface area contributed by atoms with Crippen LogP contribution in [0.25, 0.3) is 0 Å². The zero-order valence-corrected chi connectivity index (χ0v) is 14.2. The highest BCUT2D eigenvalue weighted by Gasteiger charge is 2.24. The van der Waals surface area contributed by atoms with Crippen LogP contribution in [0.4, 0.5) is 0 Å². The number of rotatable bonds is 5. The van der Waals surface area contributed by atoms with Crippen molar-refractivity contribution in [3.05, 3.63) is 28.2 Å².